The van der Waals surface area contributed by atoms with E-state index < -0.39 is 5.60 Å². The van der Waals surface area contributed by atoms with Gasteiger partial charge < -0.3 is 4.74 Å². The van der Waals surface area contributed by atoms with Crippen LogP contribution in [0.5, 0.6) is 0 Å². The van der Waals surface area contributed by atoms with Gasteiger partial charge in [0.1, 0.15) is 11.4 Å². The molecule has 0 atom stereocenters. The third-order valence-corrected chi connectivity index (χ3v) is 4.38. The number of carbonyl (C=O) groups is 2. The highest BCUT2D eigenvalue weighted by molar-refractivity contribution is 5.79. The lowest BCUT2D eigenvalue weighted by Gasteiger charge is -2.37. The van der Waals surface area contributed by atoms with Gasteiger partial charge in [0.05, 0.1) is 0 Å². The zero-order chi connectivity index (χ0) is 16.2. The fraction of sp³-hybridized carbons (Fsp3) is 0.579. The zero-order valence-corrected chi connectivity index (χ0v) is 13.9. The minimum atomic E-state index is -0.445. The highest BCUT2D eigenvalue weighted by atomic mass is 16.6. The standard InChI is InChI=1S/C19H26O3/c1-18(2,3)22-17(21)11-14-19(12-9-16(20)10-13-19)15-7-5-4-6-8-15/h4-8H,9-14H2,1-3H3. The minimum Gasteiger partial charge on any atom is -0.460 e. The van der Waals surface area contributed by atoms with Gasteiger partial charge in [0.2, 0.25) is 0 Å². The van der Waals surface area contributed by atoms with Crippen LogP contribution < -0.4 is 0 Å². The molecule has 0 aromatic heterocycles. The van der Waals surface area contributed by atoms with Crippen LogP contribution in [0.25, 0.3) is 0 Å². The Bertz CT molecular complexity index is 515. The third kappa shape index (κ3) is 4.43. The lowest BCUT2D eigenvalue weighted by molar-refractivity contribution is -0.155. The van der Waals surface area contributed by atoms with Crippen molar-refractivity contribution in [3.8, 4) is 0 Å². The van der Waals surface area contributed by atoms with E-state index in [0.717, 1.165) is 19.3 Å². The number of ketones is 1. The van der Waals surface area contributed by atoms with Gasteiger partial charge in [-0.3, -0.25) is 9.59 Å². The number of hydrogen-bond acceptors (Lipinski definition) is 3. The highest BCUT2D eigenvalue weighted by Crippen LogP contribution is 2.42. The molecule has 0 radical (unpaired) electrons. The van der Waals surface area contributed by atoms with Gasteiger partial charge in [-0.05, 0) is 51.0 Å². The van der Waals surface area contributed by atoms with E-state index in [1.165, 1.54) is 5.56 Å². The van der Waals surface area contributed by atoms with Gasteiger partial charge in [0.15, 0.2) is 0 Å². The number of rotatable bonds is 4. The first-order valence-electron chi connectivity index (χ1n) is 8.10. The molecule has 120 valence electrons. The predicted octanol–water partition coefficient (Wildman–Crippen LogP) is 4.19. The van der Waals surface area contributed by atoms with E-state index in [2.05, 4.69) is 12.1 Å². The summed E-state index contributed by atoms with van der Waals surface area (Å²) in [6, 6.07) is 10.3. The number of carbonyl (C=O) groups excluding carboxylic acids is 2. The molecule has 1 saturated carbocycles. The van der Waals surface area contributed by atoms with Crippen molar-refractivity contribution in [3.63, 3.8) is 0 Å². The average molecular weight is 302 g/mol. The first-order chi connectivity index (χ1) is 10.3. The van der Waals surface area contributed by atoms with Gasteiger partial charge in [-0.1, -0.05) is 30.3 Å². The molecule has 0 saturated heterocycles. The molecule has 0 amide bonds. The Morgan fingerprint density at radius 3 is 2.27 bits per heavy atom. The first kappa shape index (κ1) is 16.7. The van der Waals surface area contributed by atoms with Crippen LogP contribution >= 0.6 is 0 Å². The van der Waals surface area contributed by atoms with Crippen LogP contribution in [0.1, 0.15) is 64.9 Å². The molecule has 0 heterocycles. The molecule has 22 heavy (non-hydrogen) atoms. The lowest BCUT2D eigenvalue weighted by Crippen LogP contribution is -2.33. The Balaban J connectivity index is 2.10. The molecule has 0 bridgehead atoms. The Hall–Kier alpha value is -1.64. The summed E-state index contributed by atoms with van der Waals surface area (Å²) in [5, 5.41) is 0. The number of hydrogen-bond donors (Lipinski definition) is 0. The number of esters is 1. The summed E-state index contributed by atoms with van der Waals surface area (Å²) in [5.74, 6) is 0.184. The van der Waals surface area contributed by atoms with Crippen molar-refractivity contribution < 1.29 is 14.3 Å². The topological polar surface area (TPSA) is 43.4 Å². The Morgan fingerprint density at radius 2 is 1.73 bits per heavy atom. The van der Waals surface area contributed by atoms with Gasteiger partial charge in [0.25, 0.3) is 0 Å². The normalized spacial score (nSPS) is 18.0. The second-order valence-corrected chi connectivity index (χ2v) is 7.27. The summed E-state index contributed by atoms with van der Waals surface area (Å²) in [7, 11) is 0. The van der Waals surface area contributed by atoms with Crippen LogP contribution in [0.3, 0.4) is 0 Å². The molecule has 1 aromatic rings. The van der Waals surface area contributed by atoms with E-state index >= 15 is 0 Å². The smallest absolute Gasteiger partial charge is 0.306 e. The van der Waals surface area contributed by atoms with Crippen molar-refractivity contribution in [1.29, 1.82) is 0 Å². The molecule has 0 unspecified atom stereocenters. The van der Waals surface area contributed by atoms with Gasteiger partial charge in [0, 0.05) is 19.3 Å². The fourth-order valence-corrected chi connectivity index (χ4v) is 3.22. The van der Waals surface area contributed by atoms with Gasteiger partial charge >= 0.3 is 5.97 Å². The van der Waals surface area contributed by atoms with Crippen molar-refractivity contribution in [2.45, 2.75) is 70.3 Å². The quantitative estimate of drug-likeness (QED) is 0.783. The number of ether oxygens (including phenoxy) is 1. The summed E-state index contributed by atoms with van der Waals surface area (Å²) < 4.78 is 5.42. The van der Waals surface area contributed by atoms with Crippen LogP contribution in [0, 0.1) is 0 Å². The van der Waals surface area contributed by atoms with Crippen LogP contribution in [-0.4, -0.2) is 17.4 Å². The van der Waals surface area contributed by atoms with Gasteiger partial charge in [-0.2, -0.15) is 0 Å². The molecule has 0 aliphatic heterocycles. The molecule has 1 aliphatic rings. The van der Waals surface area contributed by atoms with Crippen LogP contribution in [-0.2, 0) is 19.7 Å². The Labute approximate surface area is 133 Å². The van der Waals surface area contributed by atoms with E-state index in [1.807, 2.05) is 39.0 Å². The number of benzene rings is 1. The maximum atomic E-state index is 12.1. The average Bonchev–Trinajstić information content (AvgIpc) is 2.46. The van der Waals surface area contributed by atoms with Gasteiger partial charge in [-0.15, -0.1) is 0 Å². The minimum absolute atomic E-state index is 0.0634. The van der Waals surface area contributed by atoms with Crippen LogP contribution in [0.2, 0.25) is 0 Å². The van der Waals surface area contributed by atoms with Crippen molar-refractivity contribution in [2.24, 2.45) is 0 Å². The lowest BCUT2D eigenvalue weighted by atomic mass is 9.66. The molecule has 0 spiro atoms. The van der Waals surface area contributed by atoms with Crippen molar-refractivity contribution in [1.82, 2.24) is 0 Å². The summed E-state index contributed by atoms with van der Waals surface area (Å²) in [4.78, 5) is 23.7. The highest BCUT2D eigenvalue weighted by Gasteiger charge is 2.36. The Morgan fingerprint density at radius 1 is 1.14 bits per heavy atom. The second-order valence-electron chi connectivity index (χ2n) is 7.27. The summed E-state index contributed by atoms with van der Waals surface area (Å²) in [5.41, 5.74) is 0.733. The molecule has 3 nitrogen and oxygen atoms in total. The molecule has 1 aliphatic carbocycles. The monoisotopic (exact) mass is 302 g/mol. The largest absolute Gasteiger partial charge is 0.460 e. The van der Waals surface area contributed by atoms with Crippen molar-refractivity contribution >= 4 is 11.8 Å². The zero-order valence-electron chi connectivity index (χ0n) is 13.9. The summed E-state index contributed by atoms with van der Waals surface area (Å²) in [6.45, 7) is 5.66. The fourth-order valence-electron chi connectivity index (χ4n) is 3.22. The van der Waals surface area contributed by atoms with Crippen molar-refractivity contribution in [3.05, 3.63) is 35.9 Å². The molecule has 3 heteroatoms. The first-order valence-corrected chi connectivity index (χ1v) is 8.10. The summed E-state index contributed by atoms with van der Waals surface area (Å²) >= 11 is 0. The van der Waals surface area contributed by atoms with E-state index in [0.29, 0.717) is 25.0 Å². The van der Waals surface area contributed by atoms with Crippen LogP contribution in [0.15, 0.2) is 30.3 Å². The van der Waals surface area contributed by atoms with Crippen LogP contribution in [0.4, 0.5) is 0 Å². The van der Waals surface area contributed by atoms with E-state index in [9.17, 15) is 9.59 Å². The third-order valence-electron chi connectivity index (χ3n) is 4.38. The molecule has 2 rings (SSSR count). The molecular formula is C19H26O3. The second kappa shape index (κ2) is 6.64. The molecule has 0 N–H and O–H groups in total. The van der Waals surface area contributed by atoms with E-state index in [4.69, 9.17) is 4.74 Å². The maximum absolute atomic E-state index is 12.1. The van der Waals surface area contributed by atoms with Gasteiger partial charge in [-0.25, -0.2) is 0 Å². The van der Waals surface area contributed by atoms with E-state index in [1.54, 1.807) is 0 Å². The molecule has 1 aromatic carbocycles. The predicted molar refractivity (Wildman–Crippen MR) is 86.7 cm³/mol. The number of Topliss-reactive ketones (excluding diaryl/α,β-unsaturated/α-hetero) is 1. The molecule has 1 fully saturated rings. The Kier molecular flexibility index (Phi) is 5.05. The maximum Gasteiger partial charge on any atom is 0.306 e. The SMILES string of the molecule is CC(C)(C)OC(=O)CCC1(c2ccccc2)CCC(=O)CC1. The summed E-state index contributed by atoms with van der Waals surface area (Å²) in [6.07, 6.45) is 4.04. The van der Waals surface area contributed by atoms with E-state index in [-0.39, 0.29) is 11.4 Å². The van der Waals surface area contributed by atoms with Crippen molar-refractivity contribution in [2.75, 3.05) is 0 Å². The molecular weight excluding hydrogens is 276 g/mol.